The lowest BCUT2D eigenvalue weighted by molar-refractivity contribution is 0.154. The van der Waals surface area contributed by atoms with Crippen molar-refractivity contribution in [3.8, 4) is 6.07 Å². The van der Waals surface area contributed by atoms with Crippen LogP contribution in [-0.4, -0.2) is 23.3 Å². The number of hydrogen-bond donors (Lipinski definition) is 3. The van der Waals surface area contributed by atoms with Gasteiger partial charge in [-0.05, 0) is 50.3 Å². The molecule has 0 spiro atoms. The number of rotatable bonds is 5. The first-order chi connectivity index (χ1) is 9.98. The van der Waals surface area contributed by atoms with Crippen molar-refractivity contribution in [3.05, 3.63) is 35.4 Å². The van der Waals surface area contributed by atoms with Crippen molar-refractivity contribution in [1.82, 2.24) is 10.6 Å². The smallest absolute Gasteiger partial charge is 0.315 e. The number of aliphatic hydroxyl groups excluding tert-OH is 1. The fourth-order valence-electron chi connectivity index (χ4n) is 2.41. The molecule has 1 saturated carbocycles. The summed E-state index contributed by atoms with van der Waals surface area (Å²) >= 11 is 0. The van der Waals surface area contributed by atoms with Crippen LogP contribution in [0.5, 0.6) is 0 Å². The monoisotopic (exact) mass is 287 g/mol. The number of nitrogens with one attached hydrogen (secondary N) is 2. The van der Waals surface area contributed by atoms with Gasteiger partial charge < -0.3 is 15.7 Å². The lowest BCUT2D eigenvalue weighted by atomic mass is 9.97. The van der Waals surface area contributed by atoms with E-state index >= 15 is 0 Å². The molecule has 1 aliphatic carbocycles. The largest absolute Gasteiger partial charge is 0.394 e. The fourth-order valence-corrected chi connectivity index (χ4v) is 2.41. The van der Waals surface area contributed by atoms with E-state index in [1.165, 1.54) is 0 Å². The van der Waals surface area contributed by atoms with Crippen molar-refractivity contribution in [2.45, 2.75) is 38.3 Å². The normalized spacial score (nSPS) is 18.2. The Hall–Kier alpha value is -2.06. The first-order valence-corrected chi connectivity index (χ1v) is 7.18. The maximum absolute atomic E-state index is 12.1. The molecular formula is C16H21N3O2. The summed E-state index contributed by atoms with van der Waals surface area (Å²) in [5, 5.41) is 24.0. The van der Waals surface area contributed by atoms with Crippen LogP contribution >= 0.6 is 0 Å². The molecule has 1 aliphatic rings. The van der Waals surface area contributed by atoms with Crippen LogP contribution in [0.3, 0.4) is 0 Å². The number of hydrogen-bond acceptors (Lipinski definition) is 3. The maximum atomic E-state index is 12.1. The maximum Gasteiger partial charge on any atom is 0.315 e. The molecule has 3 N–H and O–H groups in total. The Labute approximate surface area is 125 Å². The second-order valence-corrected chi connectivity index (χ2v) is 5.90. The number of carbonyl (C=O) groups is 1. The van der Waals surface area contributed by atoms with Crippen LogP contribution in [0.1, 0.15) is 43.9 Å². The van der Waals surface area contributed by atoms with E-state index in [4.69, 9.17) is 5.26 Å². The Kier molecular flexibility index (Phi) is 4.49. The zero-order chi connectivity index (χ0) is 15.5. The standard InChI is InChI=1S/C16H21N3O2/c1-11(13-5-3-12(9-17)4-6-13)18-15(21)19-16(2,10-20)14-7-8-14/h3-6,11,14,20H,7-8,10H2,1-2H3,(H2,18,19,21). The second kappa shape index (κ2) is 6.15. The predicted molar refractivity (Wildman–Crippen MR) is 79.5 cm³/mol. The molecule has 0 saturated heterocycles. The van der Waals surface area contributed by atoms with Crippen molar-refractivity contribution < 1.29 is 9.90 Å². The van der Waals surface area contributed by atoms with Gasteiger partial charge in [-0.1, -0.05) is 12.1 Å². The lowest BCUT2D eigenvalue weighted by Crippen LogP contribution is -2.54. The van der Waals surface area contributed by atoms with E-state index in [9.17, 15) is 9.90 Å². The molecule has 0 aromatic heterocycles. The molecule has 112 valence electrons. The lowest BCUT2D eigenvalue weighted by Gasteiger charge is -2.29. The Bertz CT molecular complexity index is 546. The van der Waals surface area contributed by atoms with Gasteiger partial charge in [-0.2, -0.15) is 5.26 Å². The molecule has 5 heteroatoms. The third-order valence-electron chi connectivity index (χ3n) is 4.09. The summed E-state index contributed by atoms with van der Waals surface area (Å²) in [5.41, 5.74) is 0.979. The fraction of sp³-hybridized carbons (Fsp3) is 0.500. The summed E-state index contributed by atoms with van der Waals surface area (Å²) < 4.78 is 0. The van der Waals surface area contributed by atoms with Gasteiger partial charge in [-0.15, -0.1) is 0 Å². The van der Waals surface area contributed by atoms with Crippen molar-refractivity contribution >= 4 is 6.03 Å². The predicted octanol–water partition coefficient (Wildman–Crippen LogP) is 2.08. The zero-order valence-electron chi connectivity index (χ0n) is 12.4. The SMILES string of the molecule is CC(NC(=O)NC(C)(CO)C1CC1)c1ccc(C#N)cc1. The molecule has 21 heavy (non-hydrogen) atoms. The molecule has 1 aromatic carbocycles. The topological polar surface area (TPSA) is 85.2 Å². The van der Waals surface area contributed by atoms with E-state index in [2.05, 4.69) is 16.7 Å². The highest BCUT2D eigenvalue weighted by Gasteiger charge is 2.42. The summed E-state index contributed by atoms with van der Waals surface area (Å²) in [4.78, 5) is 12.1. The third-order valence-corrected chi connectivity index (χ3v) is 4.09. The second-order valence-electron chi connectivity index (χ2n) is 5.90. The van der Waals surface area contributed by atoms with Crippen LogP contribution in [0.25, 0.3) is 0 Å². The van der Waals surface area contributed by atoms with Gasteiger partial charge in [-0.3, -0.25) is 0 Å². The van der Waals surface area contributed by atoms with Gasteiger partial charge in [0.15, 0.2) is 0 Å². The Morgan fingerprint density at radius 3 is 2.57 bits per heavy atom. The molecular weight excluding hydrogens is 266 g/mol. The minimum absolute atomic E-state index is 0.0592. The average Bonchev–Trinajstić information content (AvgIpc) is 3.32. The Morgan fingerprint density at radius 1 is 1.48 bits per heavy atom. The van der Waals surface area contributed by atoms with Crippen molar-refractivity contribution in [3.63, 3.8) is 0 Å². The summed E-state index contributed by atoms with van der Waals surface area (Å²) in [5.74, 6) is 0.360. The molecule has 2 rings (SSSR count). The van der Waals surface area contributed by atoms with E-state index in [1.54, 1.807) is 12.1 Å². The van der Waals surface area contributed by atoms with E-state index in [0.717, 1.165) is 18.4 Å². The van der Waals surface area contributed by atoms with Crippen LogP contribution < -0.4 is 10.6 Å². The minimum atomic E-state index is -0.547. The highest BCUT2D eigenvalue weighted by molar-refractivity contribution is 5.75. The van der Waals surface area contributed by atoms with Crippen LogP contribution in [-0.2, 0) is 0 Å². The summed E-state index contributed by atoms with van der Waals surface area (Å²) in [7, 11) is 0. The van der Waals surface area contributed by atoms with Gasteiger partial charge in [0.1, 0.15) is 0 Å². The number of urea groups is 1. The first-order valence-electron chi connectivity index (χ1n) is 7.18. The quantitative estimate of drug-likeness (QED) is 0.775. The van der Waals surface area contributed by atoms with Crippen LogP contribution in [0, 0.1) is 17.2 Å². The molecule has 2 atom stereocenters. The third kappa shape index (κ3) is 3.73. The molecule has 0 radical (unpaired) electrons. The highest BCUT2D eigenvalue weighted by Crippen LogP contribution is 2.39. The number of nitriles is 1. The Balaban J connectivity index is 1.93. The molecule has 1 fully saturated rings. The van der Waals surface area contributed by atoms with E-state index in [0.29, 0.717) is 11.5 Å². The first kappa shape index (κ1) is 15.3. The van der Waals surface area contributed by atoms with Crippen molar-refractivity contribution in [1.29, 1.82) is 5.26 Å². The van der Waals surface area contributed by atoms with E-state index in [1.807, 2.05) is 26.0 Å². The van der Waals surface area contributed by atoms with Crippen LogP contribution in [0.15, 0.2) is 24.3 Å². The molecule has 0 aliphatic heterocycles. The van der Waals surface area contributed by atoms with Gasteiger partial charge in [0.2, 0.25) is 0 Å². The zero-order valence-corrected chi connectivity index (χ0v) is 12.4. The van der Waals surface area contributed by atoms with E-state index in [-0.39, 0.29) is 18.7 Å². The number of aliphatic hydroxyl groups is 1. The van der Waals surface area contributed by atoms with Gasteiger partial charge in [0.05, 0.1) is 29.8 Å². The molecule has 0 heterocycles. The molecule has 2 amide bonds. The minimum Gasteiger partial charge on any atom is -0.394 e. The van der Waals surface area contributed by atoms with Crippen molar-refractivity contribution in [2.75, 3.05) is 6.61 Å². The number of benzene rings is 1. The number of carbonyl (C=O) groups excluding carboxylic acids is 1. The van der Waals surface area contributed by atoms with Crippen molar-refractivity contribution in [2.24, 2.45) is 5.92 Å². The van der Waals surface area contributed by atoms with Crippen LogP contribution in [0.2, 0.25) is 0 Å². The summed E-state index contributed by atoms with van der Waals surface area (Å²) in [6.07, 6.45) is 2.09. The highest BCUT2D eigenvalue weighted by atomic mass is 16.3. The average molecular weight is 287 g/mol. The number of nitrogens with zero attached hydrogens (tertiary/aromatic N) is 1. The molecule has 1 aromatic rings. The van der Waals surface area contributed by atoms with E-state index < -0.39 is 5.54 Å². The summed E-state index contributed by atoms with van der Waals surface area (Å²) in [6.45, 7) is 3.70. The summed E-state index contributed by atoms with van der Waals surface area (Å²) in [6, 6.07) is 8.73. The number of amides is 2. The van der Waals surface area contributed by atoms with Gasteiger partial charge in [0, 0.05) is 0 Å². The molecule has 0 bridgehead atoms. The molecule has 5 nitrogen and oxygen atoms in total. The van der Waals surface area contributed by atoms with Crippen LogP contribution in [0.4, 0.5) is 4.79 Å². The van der Waals surface area contributed by atoms with Gasteiger partial charge in [-0.25, -0.2) is 4.79 Å². The van der Waals surface area contributed by atoms with Gasteiger partial charge >= 0.3 is 6.03 Å². The molecule has 2 unspecified atom stereocenters. The van der Waals surface area contributed by atoms with Gasteiger partial charge in [0.25, 0.3) is 0 Å². The Morgan fingerprint density at radius 2 is 2.10 bits per heavy atom.